The first kappa shape index (κ1) is 31.6. The van der Waals surface area contributed by atoms with Crippen LogP contribution in [0.15, 0.2) is 60.3 Å². The van der Waals surface area contributed by atoms with Crippen molar-refractivity contribution in [3.05, 3.63) is 66.1 Å². The lowest BCUT2D eigenvalue weighted by Crippen LogP contribution is -2.37. The summed E-state index contributed by atoms with van der Waals surface area (Å²) >= 11 is 0. The minimum atomic E-state index is -0.443. The van der Waals surface area contributed by atoms with E-state index in [0.29, 0.717) is 31.0 Å². The van der Waals surface area contributed by atoms with Crippen LogP contribution in [0, 0.1) is 11.8 Å². The first-order valence-electron chi connectivity index (χ1n) is 15.1. The summed E-state index contributed by atoms with van der Waals surface area (Å²) in [5.74, 6) is 0.210. The van der Waals surface area contributed by atoms with E-state index in [4.69, 9.17) is 18.9 Å². The zero-order chi connectivity index (χ0) is 29.7. The zero-order valence-corrected chi connectivity index (χ0v) is 24.9. The molecule has 2 fully saturated rings. The molecule has 0 amide bonds. The molecule has 42 heavy (non-hydrogen) atoms. The van der Waals surface area contributed by atoms with Crippen LogP contribution < -0.4 is 0 Å². The molecule has 0 spiro atoms. The van der Waals surface area contributed by atoms with Crippen LogP contribution in [0.25, 0.3) is 0 Å². The van der Waals surface area contributed by atoms with Gasteiger partial charge in [0, 0.05) is 24.8 Å². The number of aromatic amines is 1. The van der Waals surface area contributed by atoms with Gasteiger partial charge in [0.25, 0.3) is 0 Å². The Bertz CT molecular complexity index is 1160. The second-order valence-corrected chi connectivity index (χ2v) is 11.5. The molecule has 0 saturated carbocycles. The number of hydrogen-bond donors (Lipinski definition) is 1. The first-order valence-corrected chi connectivity index (χ1v) is 15.1. The van der Waals surface area contributed by atoms with E-state index < -0.39 is 6.10 Å². The maximum Gasteiger partial charge on any atom is 0.330 e. The number of allylic oxidation sites excluding steroid dienone is 6. The molecule has 7 unspecified atom stereocenters. The maximum atomic E-state index is 13.2. The Morgan fingerprint density at radius 3 is 2.55 bits per heavy atom. The number of cyclic esters (lactones) is 1. The van der Waals surface area contributed by atoms with Gasteiger partial charge >= 0.3 is 11.9 Å². The van der Waals surface area contributed by atoms with E-state index >= 15 is 0 Å². The van der Waals surface area contributed by atoms with Crippen molar-refractivity contribution in [1.82, 2.24) is 20.6 Å². The van der Waals surface area contributed by atoms with E-state index in [9.17, 15) is 9.59 Å². The van der Waals surface area contributed by atoms with Crippen LogP contribution in [0.2, 0.25) is 0 Å². The molecule has 4 bridgehead atoms. The van der Waals surface area contributed by atoms with Gasteiger partial charge in [-0.05, 0) is 50.5 Å². The molecule has 3 aliphatic rings. The van der Waals surface area contributed by atoms with E-state index in [2.05, 4.69) is 46.6 Å². The number of ether oxygens (including phenoxy) is 4. The topological polar surface area (TPSA) is 126 Å². The van der Waals surface area contributed by atoms with E-state index in [-0.39, 0.29) is 48.7 Å². The van der Waals surface area contributed by atoms with Gasteiger partial charge < -0.3 is 18.9 Å². The highest BCUT2D eigenvalue weighted by Gasteiger charge is 2.33. The summed E-state index contributed by atoms with van der Waals surface area (Å²) in [6, 6.07) is 0. The van der Waals surface area contributed by atoms with Crippen LogP contribution >= 0.6 is 0 Å². The zero-order valence-electron chi connectivity index (χ0n) is 24.9. The van der Waals surface area contributed by atoms with Crippen molar-refractivity contribution in [2.24, 2.45) is 11.8 Å². The van der Waals surface area contributed by atoms with Crippen LogP contribution in [0.5, 0.6) is 0 Å². The molecule has 0 radical (unpaired) electrons. The lowest BCUT2D eigenvalue weighted by atomic mass is 9.89. The number of tetrazole rings is 1. The lowest BCUT2D eigenvalue weighted by molar-refractivity contribution is -0.154. The number of carbonyl (C=O) groups excluding carboxylic acids is 2. The fraction of sp³-hybridized carbons (Fsp3) is 0.594. The van der Waals surface area contributed by atoms with Gasteiger partial charge in [0.15, 0.2) is 5.82 Å². The van der Waals surface area contributed by atoms with E-state index in [1.165, 1.54) is 7.11 Å². The predicted molar refractivity (Wildman–Crippen MR) is 157 cm³/mol. The van der Waals surface area contributed by atoms with Gasteiger partial charge in [-0.2, -0.15) is 5.21 Å². The Morgan fingerprint density at radius 2 is 1.76 bits per heavy atom. The van der Waals surface area contributed by atoms with Crippen LogP contribution in [0.1, 0.15) is 71.0 Å². The third kappa shape index (κ3) is 10.5. The van der Waals surface area contributed by atoms with Gasteiger partial charge in [0.2, 0.25) is 0 Å². The molecule has 10 nitrogen and oxygen atoms in total. The number of nitrogens with one attached hydrogen (secondary N) is 1. The molecular formula is C32H44N4O6. The van der Waals surface area contributed by atoms with Crippen molar-refractivity contribution in [2.75, 3.05) is 7.11 Å². The number of rotatable bonds is 6. The molecule has 0 aliphatic carbocycles. The summed E-state index contributed by atoms with van der Waals surface area (Å²) in [7, 11) is 1.37. The fourth-order valence-corrected chi connectivity index (χ4v) is 5.76. The van der Waals surface area contributed by atoms with Crippen molar-refractivity contribution in [2.45, 2.75) is 102 Å². The Hall–Kier alpha value is -3.37. The molecular weight excluding hydrogens is 536 g/mol. The molecule has 228 valence electrons. The van der Waals surface area contributed by atoms with Gasteiger partial charge in [-0.15, -0.1) is 10.2 Å². The molecule has 3 aliphatic heterocycles. The number of H-pyrrole nitrogens is 1. The number of aromatic nitrogens is 4. The Labute approximate surface area is 248 Å². The summed E-state index contributed by atoms with van der Waals surface area (Å²) in [6.07, 6.45) is 23.4. The normalized spacial score (nSPS) is 33.3. The number of esters is 2. The van der Waals surface area contributed by atoms with Crippen LogP contribution in [0.3, 0.4) is 0 Å². The van der Waals surface area contributed by atoms with E-state index in [1.807, 2.05) is 36.5 Å². The molecule has 2 saturated heterocycles. The molecule has 4 heterocycles. The van der Waals surface area contributed by atoms with E-state index in [1.54, 1.807) is 6.08 Å². The summed E-state index contributed by atoms with van der Waals surface area (Å²) < 4.78 is 23.8. The number of carbonyl (C=O) groups is 2. The third-order valence-electron chi connectivity index (χ3n) is 7.87. The average molecular weight is 581 g/mol. The molecule has 1 N–H and O–H groups in total. The van der Waals surface area contributed by atoms with Crippen LogP contribution in [-0.4, -0.2) is 70.2 Å². The van der Waals surface area contributed by atoms with Gasteiger partial charge in [-0.3, -0.25) is 4.79 Å². The monoisotopic (exact) mass is 580 g/mol. The highest BCUT2D eigenvalue weighted by Crippen LogP contribution is 2.33. The van der Waals surface area contributed by atoms with E-state index in [0.717, 1.165) is 37.7 Å². The van der Waals surface area contributed by atoms with Gasteiger partial charge in [-0.25, -0.2) is 4.79 Å². The second-order valence-electron chi connectivity index (χ2n) is 11.5. The lowest BCUT2D eigenvalue weighted by Gasteiger charge is -2.37. The highest BCUT2D eigenvalue weighted by atomic mass is 16.6. The van der Waals surface area contributed by atoms with Crippen LogP contribution in [0.4, 0.5) is 0 Å². The summed E-state index contributed by atoms with van der Waals surface area (Å²) in [4.78, 5) is 25.2. The smallest absolute Gasteiger partial charge is 0.330 e. The Kier molecular flexibility index (Phi) is 12.3. The fourth-order valence-electron chi connectivity index (χ4n) is 5.76. The average Bonchev–Trinajstić information content (AvgIpc) is 3.48. The number of nitrogens with zero attached hydrogens (tertiary/aromatic N) is 3. The SMILES string of the molecule is COC(=O)/C=C1\CC2CC(=O)OC(/C=C/C=C\C=C\Cc3nn[nH]n3)C(C)/C=C/C(C)CC3CCCC(CC(C1)O2)O3. The second kappa shape index (κ2) is 16.3. The van der Waals surface area contributed by atoms with Crippen molar-refractivity contribution in [1.29, 1.82) is 0 Å². The number of hydrogen-bond acceptors (Lipinski definition) is 9. The predicted octanol–water partition coefficient (Wildman–Crippen LogP) is 4.92. The summed E-state index contributed by atoms with van der Waals surface area (Å²) in [5.41, 5.74) is 0.934. The van der Waals surface area contributed by atoms with Gasteiger partial charge in [-0.1, -0.05) is 67.2 Å². The minimum absolute atomic E-state index is 0.0300. The molecule has 10 heteroatoms. The first-order chi connectivity index (χ1) is 20.4. The van der Waals surface area contributed by atoms with Crippen molar-refractivity contribution in [3.8, 4) is 0 Å². The molecule has 1 aromatic heterocycles. The van der Waals surface area contributed by atoms with Crippen molar-refractivity contribution >= 4 is 11.9 Å². The quantitative estimate of drug-likeness (QED) is 0.216. The largest absolute Gasteiger partial charge is 0.466 e. The Morgan fingerprint density at radius 1 is 1.00 bits per heavy atom. The number of fused-ring (bicyclic) bond motifs is 4. The van der Waals surface area contributed by atoms with Crippen molar-refractivity contribution in [3.63, 3.8) is 0 Å². The van der Waals surface area contributed by atoms with Crippen molar-refractivity contribution < 1.29 is 28.5 Å². The Balaban J connectivity index is 1.48. The minimum Gasteiger partial charge on any atom is -0.466 e. The molecule has 0 aromatic carbocycles. The van der Waals surface area contributed by atoms with Gasteiger partial charge in [0.05, 0.1) is 37.9 Å². The molecule has 7 atom stereocenters. The van der Waals surface area contributed by atoms with Gasteiger partial charge in [0.1, 0.15) is 6.10 Å². The molecule has 1 aromatic rings. The highest BCUT2D eigenvalue weighted by molar-refractivity contribution is 5.82. The molecule has 4 rings (SSSR count). The number of methoxy groups -OCH3 is 1. The standard InChI is InChI=1S/C32H44N4O6/c1-22-14-15-23(2)29(12-7-5-4-6-8-13-30-33-35-36-34-30)42-32(38)21-28-18-24(19-31(37)39-3)17-27(41-28)20-26-11-9-10-25(16-22)40-26/h4-8,12,14-15,19,22-23,25-29H,9-11,13,16-18,20-21H2,1-3H3,(H,33,34,35,36)/b5-4-,8-6+,12-7+,15-14+,24-19-. The summed E-state index contributed by atoms with van der Waals surface area (Å²) in [5, 5.41) is 13.8. The summed E-state index contributed by atoms with van der Waals surface area (Å²) in [6.45, 7) is 4.26. The maximum absolute atomic E-state index is 13.2. The van der Waals surface area contributed by atoms with Crippen LogP contribution in [-0.2, 0) is 35.0 Å². The third-order valence-corrected chi connectivity index (χ3v) is 7.87.